The van der Waals surface area contributed by atoms with E-state index in [9.17, 15) is 14.0 Å². The van der Waals surface area contributed by atoms with Crippen molar-refractivity contribution in [2.24, 2.45) is 0 Å². The summed E-state index contributed by atoms with van der Waals surface area (Å²) in [5.41, 5.74) is 2.12. The fourth-order valence-electron chi connectivity index (χ4n) is 3.51. The van der Waals surface area contributed by atoms with Gasteiger partial charge in [-0.25, -0.2) is 4.39 Å². The maximum absolute atomic E-state index is 13.6. The van der Waals surface area contributed by atoms with Gasteiger partial charge in [0.15, 0.2) is 5.43 Å². The van der Waals surface area contributed by atoms with Crippen molar-refractivity contribution in [2.45, 2.75) is 25.8 Å². The molecule has 132 valence electrons. The lowest BCUT2D eigenvalue weighted by Crippen LogP contribution is -2.25. The molecule has 26 heavy (non-hydrogen) atoms. The number of hydrogen-bond acceptors (Lipinski definition) is 3. The summed E-state index contributed by atoms with van der Waals surface area (Å²) in [6.07, 6.45) is 0. The maximum atomic E-state index is 13.6. The van der Waals surface area contributed by atoms with Gasteiger partial charge in [0.25, 0.3) is 5.91 Å². The largest absolute Gasteiger partial charge is 0.450 e. The molecule has 1 aliphatic heterocycles. The van der Waals surface area contributed by atoms with Crippen LogP contribution < -0.4 is 5.43 Å². The van der Waals surface area contributed by atoms with E-state index in [1.54, 1.807) is 7.05 Å². The van der Waals surface area contributed by atoms with Gasteiger partial charge in [0.05, 0.1) is 17.0 Å². The zero-order chi connectivity index (χ0) is 18.6. The van der Waals surface area contributed by atoms with E-state index in [0.29, 0.717) is 5.92 Å². The maximum Gasteiger partial charge on any atom is 0.290 e. The molecule has 0 fully saturated rings. The van der Waals surface area contributed by atoms with Gasteiger partial charge in [-0.05, 0) is 35.2 Å². The van der Waals surface area contributed by atoms with Gasteiger partial charge >= 0.3 is 0 Å². The second-order valence-electron chi connectivity index (χ2n) is 6.95. The van der Waals surface area contributed by atoms with E-state index in [4.69, 9.17) is 4.42 Å². The third-order valence-electron chi connectivity index (χ3n) is 4.98. The molecule has 1 aliphatic rings. The Morgan fingerprint density at radius 1 is 1.08 bits per heavy atom. The van der Waals surface area contributed by atoms with Crippen LogP contribution in [0.4, 0.5) is 4.39 Å². The highest BCUT2D eigenvalue weighted by Crippen LogP contribution is 2.37. The van der Waals surface area contributed by atoms with E-state index < -0.39 is 11.9 Å². The summed E-state index contributed by atoms with van der Waals surface area (Å²) < 4.78 is 19.3. The standard InChI is InChI=1S/C21H18FNO3/c1-11(2)12-4-6-13(7-5-12)18-17-19(24)15-10-14(22)8-9-16(15)26-20(17)21(25)23(18)3/h4-11,18H,1-3H3. The molecule has 0 aliphatic carbocycles. The van der Waals surface area contributed by atoms with Crippen LogP contribution in [0.1, 0.15) is 53.1 Å². The van der Waals surface area contributed by atoms with Gasteiger partial charge in [-0.15, -0.1) is 0 Å². The first kappa shape index (κ1) is 16.5. The minimum Gasteiger partial charge on any atom is -0.450 e. The molecule has 1 unspecified atom stereocenters. The summed E-state index contributed by atoms with van der Waals surface area (Å²) in [5, 5.41) is 0.149. The predicted molar refractivity (Wildman–Crippen MR) is 96.9 cm³/mol. The van der Waals surface area contributed by atoms with Crippen molar-refractivity contribution in [3.63, 3.8) is 0 Å². The summed E-state index contributed by atoms with van der Waals surface area (Å²) in [7, 11) is 1.64. The molecule has 4 rings (SSSR count). The number of carbonyl (C=O) groups excluding carboxylic acids is 1. The Morgan fingerprint density at radius 3 is 2.42 bits per heavy atom. The summed E-state index contributed by atoms with van der Waals surface area (Å²) in [6, 6.07) is 11.1. The van der Waals surface area contributed by atoms with Crippen molar-refractivity contribution >= 4 is 16.9 Å². The van der Waals surface area contributed by atoms with E-state index in [-0.39, 0.29) is 33.6 Å². The van der Waals surface area contributed by atoms with Gasteiger partial charge < -0.3 is 9.32 Å². The number of benzene rings is 2. The molecule has 1 aromatic heterocycles. The van der Waals surface area contributed by atoms with Crippen molar-refractivity contribution in [1.82, 2.24) is 4.90 Å². The molecule has 0 radical (unpaired) electrons. The van der Waals surface area contributed by atoms with E-state index in [2.05, 4.69) is 13.8 Å². The lowest BCUT2D eigenvalue weighted by atomic mass is 9.95. The predicted octanol–water partition coefficient (Wildman–Crippen LogP) is 4.23. The van der Waals surface area contributed by atoms with Crippen molar-refractivity contribution in [2.75, 3.05) is 7.05 Å². The third kappa shape index (κ3) is 2.35. The first-order valence-electron chi connectivity index (χ1n) is 8.51. The molecule has 2 aromatic carbocycles. The summed E-state index contributed by atoms with van der Waals surface area (Å²) in [4.78, 5) is 27.1. The van der Waals surface area contributed by atoms with Crippen molar-refractivity contribution in [1.29, 1.82) is 0 Å². The number of nitrogens with zero attached hydrogens (tertiary/aromatic N) is 1. The Labute approximate surface area is 149 Å². The minimum absolute atomic E-state index is 0.0366. The fourth-order valence-corrected chi connectivity index (χ4v) is 3.51. The first-order valence-corrected chi connectivity index (χ1v) is 8.51. The number of fused-ring (bicyclic) bond motifs is 2. The molecule has 0 saturated heterocycles. The lowest BCUT2D eigenvalue weighted by molar-refractivity contribution is 0.0771. The van der Waals surface area contributed by atoms with Gasteiger partial charge in [0.2, 0.25) is 5.76 Å². The number of amides is 1. The zero-order valence-corrected chi connectivity index (χ0v) is 14.7. The van der Waals surface area contributed by atoms with Crippen molar-refractivity contribution in [3.05, 3.63) is 81.0 Å². The minimum atomic E-state index is -0.539. The summed E-state index contributed by atoms with van der Waals surface area (Å²) in [6.45, 7) is 4.20. The highest BCUT2D eigenvalue weighted by atomic mass is 19.1. The van der Waals surface area contributed by atoms with Crippen molar-refractivity contribution < 1.29 is 13.6 Å². The molecule has 0 saturated carbocycles. The van der Waals surface area contributed by atoms with E-state index in [1.165, 1.54) is 22.6 Å². The molecule has 4 nitrogen and oxygen atoms in total. The lowest BCUT2D eigenvalue weighted by Gasteiger charge is -2.20. The van der Waals surface area contributed by atoms with Crippen LogP contribution in [-0.2, 0) is 0 Å². The molecule has 0 bridgehead atoms. The Morgan fingerprint density at radius 2 is 1.77 bits per heavy atom. The SMILES string of the molecule is CC(C)c1ccc(C2c3c(oc4ccc(F)cc4c3=O)C(=O)N2C)cc1. The Kier molecular flexibility index (Phi) is 3.68. The second-order valence-corrected chi connectivity index (χ2v) is 6.95. The highest BCUT2D eigenvalue weighted by molar-refractivity contribution is 5.98. The Hall–Kier alpha value is -2.95. The van der Waals surface area contributed by atoms with Crippen LogP contribution >= 0.6 is 0 Å². The van der Waals surface area contributed by atoms with E-state index in [1.807, 2.05) is 24.3 Å². The van der Waals surface area contributed by atoms with Gasteiger partial charge in [-0.3, -0.25) is 9.59 Å². The molecule has 0 spiro atoms. The molecular weight excluding hydrogens is 333 g/mol. The number of halogens is 1. The van der Waals surface area contributed by atoms with Crippen LogP contribution in [0.2, 0.25) is 0 Å². The van der Waals surface area contributed by atoms with Gasteiger partial charge in [0, 0.05) is 7.05 Å². The van der Waals surface area contributed by atoms with Crippen LogP contribution in [0.3, 0.4) is 0 Å². The summed E-state index contributed by atoms with van der Waals surface area (Å²) >= 11 is 0. The molecule has 2 heterocycles. The zero-order valence-electron chi connectivity index (χ0n) is 14.7. The molecule has 3 aromatic rings. The van der Waals surface area contributed by atoms with Crippen LogP contribution in [0.15, 0.2) is 51.7 Å². The average molecular weight is 351 g/mol. The monoisotopic (exact) mass is 351 g/mol. The fraction of sp³-hybridized carbons (Fsp3) is 0.238. The van der Waals surface area contributed by atoms with E-state index >= 15 is 0 Å². The molecular formula is C21H18FNO3. The molecule has 1 atom stereocenters. The Bertz CT molecular complexity index is 1080. The van der Waals surface area contributed by atoms with Gasteiger partial charge in [-0.2, -0.15) is 0 Å². The molecule has 0 N–H and O–H groups in total. The number of hydrogen-bond donors (Lipinski definition) is 0. The van der Waals surface area contributed by atoms with E-state index in [0.717, 1.165) is 11.6 Å². The van der Waals surface area contributed by atoms with Crippen LogP contribution in [-0.4, -0.2) is 17.9 Å². The molecule has 1 amide bonds. The molecule has 5 heteroatoms. The third-order valence-corrected chi connectivity index (χ3v) is 4.98. The van der Waals surface area contributed by atoms with Crippen molar-refractivity contribution in [3.8, 4) is 0 Å². The quantitative estimate of drug-likeness (QED) is 0.694. The average Bonchev–Trinajstić information content (AvgIpc) is 2.87. The van der Waals surface area contributed by atoms with Crippen LogP contribution in [0.5, 0.6) is 0 Å². The Balaban J connectivity index is 1.94. The van der Waals surface area contributed by atoms with Crippen LogP contribution in [0.25, 0.3) is 11.0 Å². The van der Waals surface area contributed by atoms with Crippen LogP contribution in [0, 0.1) is 5.82 Å². The number of carbonyl (C=O) groups is 1. The topological polar surface area (TPSA) is 50.5 Å². The highest BCUT2D eigenvalue weighted by Gasteiger charge is 2.40. The summed E-state index contributed by atoms with van der Waals surface area (Å²) in [5.74, 6) is -0.438. The number of rotatable bonds is 2. The second kappa shape index (κ2) is 5.80. The van der Waals surface area contributed by atoms with Gasteiger partial charge in [-0.1, -0.05) is 38.1 Å². The first-order chi connectivity index (χ1) is 12.4. The van der Waals surface area contributed by atoms with Gasteiger partial charge in [0.1, 0.15) is 11.4 Å². The normalized spacial score (nSPS) is 16.6. The smallest absolute Gasteiger partial charge is 0.290 e.